The molecule has 100 valence electrons. The zero-order valence-electron chi connectivity index (χ0n) is 9.79. The summed E-state index contributed by atoms with van der Waals surface area (Å²) in [6.45, 7) is 1.51. The van der Waals surface area contributed by atoms with Crippen LogP contribution in [0.1, 0.15) is 23.7 Å². The Bertz CT molecular complexity index is 402. The lowest BCUT2D eigenvalue weighted by Gasteiger charge is -2.14. The van der Waals surface area contributed by atoms with E-state index in [4.69, 9.17) is 9.47 Å². The maximum Gasteiger partial charge on any atom is 0.392 e. The van der Waals surface area contributed by atoms with Crippen molar-refractivity contribution in [2.75, 3.05) is 13.2 Å². The Labute approximate surface area is 103 Å². The highest BCUT2D eigenvalue weighted by atomic mass is 19.4. The highest BCUT2D eigenvalue weighted by Crippen LogP contribution is 2.31. The van der Waals surface area contributed by atoms with Crippen molar-refractivity contribution in [1.82, 2.24) is 0 Å². The van der Waals surface area contributed by atoms with Crippen molar-refractivity contribution in [1.29, 1.82) is 0 Å². The molecule has 0 spiro atoms. The summed E-state index contributed by atoms with van der Waals surface area (Å²) in [5.41, 5.74) is 0.170. The third-order valence-electron chi connectivity index (χ3n) is 2.07. The molecule has 0 radical (unpaired) electrons. The van der Waals surface area contributed by atoms with Gasteiger partial charge in [0, 0.05) is 0 Å². The number of carbonyl (C=O) groups is 1. The van der Waals surface area contributed by atoms with Gasteiger partial charge in [0.1, 0.15) is 0 Å². The molecule has 0 amide bonds. The topological polar surface area (TPSA) is 35.5 Å². The fraction of sp³-hybridized carbons (Fsp3) is 0.417. The van der Waals surface area contributed by atoms with Crippen molar-refractivity contribution in [3.63, 3.8) is 0 Å². The third-order valence-corrected chi connectivity index (χ3v) is 2.07. The predicted molar refractivity (Wildman–Crippen MR) is 59.2 cm³/mol. The minimum atomic E-state index is -4.29. The second-order valence-electron chi connectivity index (χ2n) is 3.44. The number of para-hydroxylation sites is 1. The third kappa shape index (κ3) is 4.27. The summed E-state index contributed by atoms with van der Waals surface area (Å²) in [5, 5.41) is 0. The number of hydrogen-bond donors (Lipinski definition) is 0. The minimum absolute atomic E-state index is 0.0543. The first-order chi connectivity index (χ1) is 8.48. The van der Waals surface area contributed by atoms with Crippen molar-refractivity contribution < 1.29 is 27.4 Å². The van der Waals surface area contributed by atoms with E-state index in [1.807, 2.05) is 0 Å². The quantitative estimate of drug-likeness (QED) is 0.738. The molecule has 0 aliphatic rings. The number of aldehydes is 1. The second kappa shape index (κ2) is 6.28. The molecule has 0 unspecified atom stereocenters. The van der Waals surface area contributed by atoms with Gasteiger partial charge in [0.05, 0.1) is 25.2 Å². The van der Waals surface area contributed by atoms with E-state index in [0.717, 1.165) is 0 Å². The zero-order valence-corrected chi connectivity index (χ0v) is 9.79. The number of benzene rings is 1. The summed E-state index contributed by atoms with van der Waals surface area (Å²) in [6, 6.07) is 4.57. The molecule has 3 nitrogen and oxygen atoms in total. The molecule has 1 aromatic rings. The van der Waals surface area contributed by atoms with Gasteiger partial charge in [-0.05, 0) is 19.1 Å². The van der Waals surface area contributed by atoms with Crippen LogP contribution < -0.4 is 9.47 Å². The van der Waals surface area contributed by atoms with Gasteiger partial charge in [0.2, 0.25) is 0 Å². The van der Waals surface area contributed by atoms with Crippen molar-refractivity contribution in [3.8, 4) is 11.5 Å². The first-order valence-electron chi connectivity index (χ1n) is 5.38. The molecular formula is C12H13F3O3. The van der Waals surface area contributed by atoms with E-state index in [1.165, 1.54) is 6.07 Å². The Balaban J connectivity index is 2.80. The molecule has 0 aromatic heterocycles. The van der Waals surface area contributed by atoms with Gasteiger partial charge < -0.3 is 9.47 Å². The van der Waals surface area contributed by atoms with Crippen LogP contribution in [0.2, 0.25) is 0 Å². The van der Waals surface area contributed by atoms with Crippen LogP contribution in [-0.2, 0) is 0 Å². The van der Waals surface area contributed by atoms with Crippen molar-refractivity contribution in [3.05, 3.63) is 23.8 Å². The van der Waals surface area contributed by atoms with Crippen LogP contribution in [0.25, 0.3) is 0 Å². The summed E-state index contributed by atoms with van der Waals surface area (Å²) in [5.74, 6) is 0.322. The van der Waals surface area contributed by atoms with E-state index < -0.39 is 19.2 Å². The van der Waals surface area contributed by atoms with Gasteiger partial charge in [-0.15, -0.1) is 0 Å². The van der Waals surface area contributed by atoms with Crippen LogP contribution in [-0.4, -0.2) is 25.7 Å². The van der Waals surface area contributed by atoms with Gasteiger partial charge >= 0.3 is 6.18 Å². The lowest BCUT2D eigenvalue weighted by Crippen LogP contribution is -2.14. The molecule has 0 aliphatic carbocycles. The summed E-state index contributed by atoms with van der Waals surface area (Å²) in [4.78, 5) is 10.8. The Morgan fingerprint density at radius 2 is 2.00 bits per heavy atom. The Morgan fingerprint density at radius 1 is 1.28 bits per heavy atom. The molecular weight excluding hydrogens is 249 g/mol. The van der Waals surface area contributed by atoms with Crippen molar-refractivity contribution >= 4 is 6.29 Å². The normalized spacial score (nSPS) is 11.1. The van der Waals surface area contributed by atoms with Gasteiger partial charge in [-0.1, -0.05) is 6.07 Å². The lowest BCUT2D eigenvalue weighted by molar-refractivity contribution is -0.139. The highest BCUT2D eigenvalue weighted by Gasteiger charge is 2.27. The first kappa shape index (κ1) is 14.3. The number of hydrogen-bond acceptors (Lipinski definition) is 3. The van der Waals surface area contributed by atoms with E-state index in [1.54, 1.807) is 19.1 Å². The summed E-state index contributed by atoms with van der Waals surface area (Å²) in [6.07, 6.45) is -4.85. The van der Waals surface area contributed by atoms with Crippen LogP contribution in [0, 0.1) is 0 Å². The van der Waals surface area contributed by atoms with Gasteiger partial charge in [0.15, 0.2) is 17.8 Å². The number of ether oxygens (including phenoxy) is 2. The predicted octanol–water partition coefficient (Wildman–Crippen LogP) is 3.23. The Hall–Kier alpha value is -1.72. The van der Waals surface area contributed by atoms with E-state index in [0.29, 0.717) is 12.9 Å². The van der Waals surface area contributed by atoms with Crippen molar-refractivity contribution in [2.45, 2.75) is 19.5 Å². The fourth-order valence-corrected chi connectivity index (χ4v) is 1.32. The number of carbonyl (C=O) groups excluding carboxylic acids is 1. The van der Waals surface area contributed by atoms with Crippen molar-refractivity contribution in [2.24, 2.45) is 0 Å². The average molecular weight is 262 g/mol. The molecule has 0 N–H and O–H groups in total. The summed E-state index contributed by atoms with van der Waals surface area (Å²) >= 11 is 0. The molecule has 0 saturated carbocycles. The van der Waals surface area contributed by atoms with Gasteiger partial charge in [-0.3, -0.25) is 4.79 Å². The molecule has 18 heavy (non-hydrogen) atoms. The maximum atomic E-state index is 12.0. The number of alkyl halides is 3. The highest BCUT2D eigenvalue weighted by molar-refractivity contribution is 5.81. The van der Waals surface area contributed by atoms with Crippen LogP contribution in [0.15, 0.2) is 18.2 Å². The summed E-state index contributed by atoms with van der Waals surface area (Å²) in [7, 11) is 0. The molecule has 0 aliphatic heterocycles. The molecule has 1 rings (SSSR count). The average Bonchev–Trinajstić information content (AvgIpc) is 2.29. The molecule has 0 heterocycles. The molecule has 1 aromatic carbocycles. The lowest BCUT2D eigenvalue weighted by atomic mass is 10.2. The molecule has 0 bridgehead atoms. The number of rotatable bonds is 6. The van der Waals surface area contributed by atoms with E-state index in [2.05, 4.69) is 0 Å². The Morgan fingerprint density at radius 3 is 2.56 bits per heavy atom. The van der Waals surface area contributed by atoms with E-state index in [9.17, 15) is 18.0 Å². The molecule has 0 atom stereocenters. The summed E-state index contributed by atoms with van der Waals surface area (Å²) < 4.78 is 46.2. The smallest absolute Gasteiger partial charge is 0.392 e. The van der Waals surface area contributed by atoms with Crippen LogP contribution in [0.3, 0.4) is 0 Å². The maximum absolute atomic E-state index is 12.0. The minimum Gasteiger partial charge on any atom is -0.490 e. The van der Waals surface area contributed by atoms with Gasteiger partial charge in [0.25, 0.3) is 0 Å². The molecule has 0 fully saturated rings. The second-order valence-corrected chi connectivity index (χ2v) is 3.44. The zero-order chi connectivity index (χ0) is 13.6. The first-order valence-corrected chi connectivity index (χ1v) is 5.38. The van der Waals surface area contributed by atoms with Crippen LogP contribution in [0.4, 0.5) is 13.2 Å². The molecule has 0 saturated heterocycles. The standard InChI is InChI=1S/C12H13F3O3/c1-2-17-10-5-3-4-9(8-16)11(10)18-7-6-12(13,14)15/h3-5,8H,2,6-7H2,1H3. The van der Waals surface area contributed by atoms with E-state index in [-0.39, 0.29) is 17.1 Å². The van der Waals surface area contributed by atoms with Gasteiger partial charge in [-0.2, -0.15) is 13.2 Å². The SMILES string of the molecule is CCOc1cccc(C=O)c1OCCC(F)(F)F. The largest absolute Gasteiger partial charge is 0.490 e. The van der Waals surface area contributed by atoms with Crippen LogP contribution in [0.5, 0.6) is 11.5 Å². The Kier molecular flexibility index (Phi) is 5.00. The number of halogens is 3. The van der Waals surface area contributed by atoms with Crippen LogP contribution >= 0.6 is 0 Å². The fourth-order valence-electron chi connectivity index (χ4n) is 1.32. The monoisotopic (exact) mass is 262 g/mol. The molecule has 6 heteroatoms. The van der Waals surface area contributed by atoms with E-state index >= 15 is 0 Å². The van der Waals surface area contributed by atoms with Gasteiger partial charge in [-0.25, -0.2) is 0 Å².